The van der Waals surface area contributed by atoms with E-state index in [0.29, 0.717) is 16.6 Å². The van der Waals surface area contributed by atoms with Crippen LogP contribution in [0.4, 0.5) is 0 Å². The molecule has 3 aromatic rings. The van der Waals surface area contributed by atoms with Crippen molar-refractivity contribution in [1.82, 2.24) is 14.5 Å². The van der Waals surface area contributed by atoms with Crippen LogP contribution < -0.4 is 0 Å². The molecule has 1 aliphatic rings. The maximum Gasteiger partial charge on any atom is 0.242 e. The molecule has 3 heterocycles. The Kier molecular flexibility index (Phi) is 10.3. The minimum atomic E-state index is -0.515. The summed E-state index contributed by atoms with van der Waals surface area (Å²) in [4.78, 5) is 46.3. The van der Waals surface area contributed by atoms with E-state index in [-0.39, 0.29) is 30.4 Å². The summed E-state index contributed by atoms with van der Waals surface area (Å²) < 4.78 is 2.64. The maximum atomic E-state index is 13.8. The largest absolute Gasteiger partial charge is 0.337 e. The van der Waals surface area contributed by atoms with Crippen molar-refractivity contribution in [1.29, 1.82) is 0 Å². The molecule has 0 aliphatic carbocycles. The summed E-state index contributed by atoms with van der Waals surface area (Å²) in [7, 11) is 1.75. The molecule has 6 nitrogen and oxygen atoms in total. The van der Waals surface area contributed by atoms with Crippen LogP contribution in [0.3, 0.4) is 0 Å². The van der Waals surface area contributed by atoms with Gasteiger partial charge in [-0.3, -0.25) is 14.4 Å². The highest BCUT2D eigenvalue weighted by Gasteiger charge is 2.28. The van der Waals surface area contributed by atoms with E-state index < -0.39 is 6.04 Å². The zero-order chi connectivity index (χ0) is 28.8. The predicted octanol–water partition coefficient (Wildman–Crippen LogP) is 7.32. The van der Waals surface area contributed by atoms with Gasteiger partial charge in [0.15, 0.2) is 11.6 Å². The molecule has 0 bridgehead atoms. The number of aryl methyl sites for hydroxylation is 3. The number of rotatable bonds is 4. The number of hydrogen-bond acceptors (Lipinski definition) is 4. The predicted molar refractivity (Wildman–Crippen MR) is 164 cm³/mol. The Hall–Kier alpha value is -2.80. The van der Waals surface area contributed by atoms with Crippen LogP contribution in [0.1, 0.15) is 97.5 Å². The van der Waals surface area contributed by atoms with Gasteiger partial charge in [0.2, 0.25) is 5.91 Å². The molecular formula is C33H42BrN3O3. The average Bonchev–Trinajstić information content (AvgIpc) is 3.26. The third-order valence-electron chi connectivity index (χ3n) is 8.30. The second-order valence-electron chi connectivity index (χ2n) is 11.5. The maximum absolute atomic E-state index is 13.8. The zero-order valence-corrected chi connectivity index (χ0v) is 26.0. The quantitative estimate of drug-likeness (QED) is 0.230. The van der Waals surface area contributed by atoms with Crippen molar-refractivity contribution in [2.45, 2.75) is 104 Å². The molecule has 0 saturated heterocycles. The Morgan fingerprint density at radius 1 is 1.00 bits per heavy atom. The van der Waals surface area contributed by atoms with Gasteiger partial charge in [0.25, 0.3) is 0 Å². The van der Waals surface area contributed by atoms with Crippen LogP contribution >= 0.6 is 15.9 Å². The fourth-order valence-corrected chi connectivity index (χ4v) is 6.35. The summed E-state index contributed by atoms with van der Waals surface area (Å²) in [6.45, 7) is 5.70. The third-order valence-corrected chi connectivity index (χ3v) is 8.74. The van der Waals surface area contributed by atoms with E-state index in [9.17, 15) is 14.4 Å². The van der Waals surface area contributed by atoms with Gasteiger partial charge in [0, 0.05) is 24.2 Å². The molecule has 0 N–H and O–H groups in total. The van der Waals surface area contributed by atoms with Gasteiger partial charge in [-0.05, 0) is 79.2 Å². The molecule has 1 atom stereocenters. The number of benzene rings is 1. The molecule has 1 aromatic carbocycles. The van der Waals surface area contributed by atoms with Crippen LogP contribution in [0.25, 0.3) is 10.9 Å². The molecule has 0 spiro atoms. The van der Waals surface area contributed by atoms with Gasteiger partial charge in [0.1, 0.15) is 11.1 Å². The second-order valence-corrected chi connectivity index (χ2v) is 12.3. The fourth-order valence-electron chi connectivity index (χ4n) is 6.01. The van der Waals surface area contributed by atoms with Crippen molar-refractivity contribution in [3.8, 4) is 0 Å². The molecule has 7 heteroatoms. The number of halogens is 1. The number of carbonyl (C=O) groups is 3. The number of ketones is 2. The number of nitrogens with zero attached hydrogens (tertiary/aromatic N) is 3. The van der Waals surface area contributed by atoms with E-state index >= 15 is 0 Å². The van der Waals surface area contributed by atoms with Crippen molar-refractivity contribution in [2.24, 2.45) is 0 Å². The highest BCUT2D eigenvalue weighted by Crippen LogP contribution is 2.29. The van der Waals surface area contributed by atoms with Crippen LogP contribution in [-0.4, -0.2) is 45.0 Å². The topological polar surface area (TPSA) is 72.3 Å². The standard InChI is InChI=1S/C33H42BrN3O3/c1-22-17-25-13-11-9-7-5-6-8-10-12-14-29(30(39)19-28-23(2)15-16-31(34)35-28)36(4)32(40)21-37-20-27(24(3)38)26(18-22)33(25)37/h15-18,20,29H,5-14,19,21H2,1-4H3/t29-/m0/s1. The summed E-state index contributed by atoms with van der Waals surface area (Å²) >= 11 is 3.42. The summed E-state index contributed by atoms with van der Waals surface area (Å²) in [6, 6.07) is 7.58. The second kappa shape index (κ2) is 13.7. The van der Waals surface area contributed by atoms with Crippen LogP contribution in [0.2, 0.25) is 0 Å². The minimum absolute atomic E-state index is 0.00630. The first-order valence-corrected chi connectivity index (χ1v) is 15.5. The Morgan fingerprint density at radius 3 is 2.38 bits per heavy atom. The highest BCUT2D eigenvalue weighted by molar-refractivity contribution is 9.10. The molecule has 4 rings (SSSR count). The van der Waals surface area contributed by atoms with E-state index in [0.717, 1.165) is 59.8 Å². The smallest absolute Gasteiger partial charge is 0.242 e. The number of Topliss-reactive ketones (excluding diaryl/α,β-unsaturated/α-hetero) is 2. The summed E-state index contributed by atoms with van der Waals surface area (Å²) in [5, 5.41) is 0.916. The zero-order valence-electron chi connectivity index (χ0n) is 24.4. The Labute approximate surface area is 246 Å². The Bertz CT molecular complexity index is 1390. The number of amides is 1. The van der Waals surface area contributed by atoms with Crippen LogP contribution in [-0.2, 0) is 29.0 Å². The number of pyridine rings is 1. The van der Waals surface area contributed by atoms with E-state index in [1.165, 1.54) is 31.2 Å². The number of carbonyl (C=O) groups excluding carboxylic acids is 3. The van der Waals surface area contributed by atoms with Crippen molar-refractivity contribution in [3.05, 3.63) is 63.0 Å². The molecule has 1 amide bonds. The summed E-state index contributed by atoms with van der Waals surface area (Å²) in [6.07, 6.45) is 12.6. The molecule has 40 heavy (non-hydrogen) atoms. The highest BCUT2D eigenvalue weighted by atomic mass is 79.9. The lowest BCUT2D eigenvalue weighted by molar-refractivity contribution is -0.138. The number of hydrogen-bond donors (Lipinski definition) is 0. The van der Waals surface area contributed by atoms with Crippen LogP contribution in [0.15, 0.2) is 35.1 Å². The number of likely N-dealkylation sites (N-methyl/N-ethyl adjacent to an activating group) is 1. The fraction of sp³-hybridized carbons (Fsp3) is 0.515. The van der Waals surface area contributed by atoms with Gasteiger partial charge in [-0.15, -0.1) is 0 Å². The van der Waals surface area contributed by atoms with E-state index in [4.69, 9.17) is 0 Å². The molecular weight excluding hydrogens is 566 g/mol. The van der Waals surface area contributed by atoms with Gasteiger partial charge in [-0.1, -0.05) is 62.6 Å². The molecule has 0 radical (unpaired) electrons. The summed E-state index contributed by atoms with van der Waals surface area (Å²) in [5.41, 5.74) is 5.64. The molecule has 214 valence electrons. The average molecular weight is 609 g/mol. The lowest BCUT2D eigenvalue weighted by Gasteiger charge is -2.28. The van der Waals surface area contributed by atoms with E-state index in [2.05, 4.69) is 40.0 Å². The Balaban J connectivity index is 1.68. The monoisotopic (exact) mass is 607 g/mol. The van der Waals surface area contributed by atoms with Gasteiger partial charge in [-0.2, -0.15) is 0 Å². The molecule has 1 aliphatic heterocycles. The van der Waals surface area contributed by atoms with Gasteiger partial charge >= 0.3 is 0 Å². The molecule has 0 fully saturated rings. The summed E-state index contributed by atoms with van der Waals surface area (Å²) in [5.74, 6) is -0.117. The van der Waals surface area contributed by atoms with Crippen molar-refractivity contribution in [3.63, 3.8) is 0 Å². The minimum Gasteiger partial charge on any atom is -0.337 e. The van der Waals surface area contributed by atoms with Gasteiger partial charge in [0.05, 0.1) is 23.7 Å². The van der Waals surface area contributed by atoms with E-state index in [1.54, 1.807) is 18.9 Å². The molecule has 2 aromatic heterocycles. The normalized spacial score (nSPS) is 18.1. The van der Waals surface area contributed by atoms with E-state index in [1.807, 2.05) is 29.8 Å². The van der Waals surface area contributed by atoms with Crippen LogP contribution in [0.5, 0.6) is 0 Å². The van der Waals surface area contributed by atoms with Crippen molar-refractivity contribution >= 4 is 44.3 Å². The van der Waals surface area contributed by atoms with Crippen LogP contribution in [0, 0.1) is 13.8 Å². The lowest BCUT2D eigenvalue weighted by Crippen LogP contribution is -2.44. The van der Waals surface area contributed by atoms with Gasteiger partial charge < -0.3 is 9.47 Å². The number of aromatic nitrogens is 2. The first-order chi connectivity index (χ1) is 19.2. The van der Waals surface area contributed by atoms with Crippen molar-refractivity contribution < 1.29 is 14.4 Å². The first kappa shape index (κ1) is 30.2. The van der Waals surface area contributed by atoms with Crippen molar-refractivity contribution in [2.75, 3.05) is 7.05 Å². The Morgan fingerprint density at radius 2 is 1.68 bits per heavy atom. The third kappa shape index (κ3) is 7.28. The SMILES string of the molecule is CC(=O)c1cn2c3c(cc(C)cc13)CCCCCCCCCC[C@@H](C(=O)Cc1nc(Br)ccc1C)N(C)C(=O)C2. The van der Waals surface area contributed by atoms with Gasteiger partial charge in [-0.25, -0.2) is 4.98 Å². The molecule has 0 unspecified atom stereocenters. The molecule has 0 saturated carbocycles. The first-order valence-electron chi connectivity index (χ1n) is 14.7. The lowest BCUT2D eigenvalue weighted by atomic mass is 9.97.